The minimum Gasteiger partial charge on any atom is -0.338 e. The molecule has 0 spiro atoms. The van der Waals surface area contributed by atoms with Gasteiger partial charge in [0.05, 0.1) is 10.2 Å². The van der Waals surface area contributed by atoms with Crippen molar-refractivity contribution in [2.24, 2.45) is 0 Å². The van der Waals surface area contributed by atoms with E-state index in [1.165, 1.54) is 16.9 Å². The number of aromatic nitrogens is 1. The third-order valence-corrected chi connectivity index (χ3v) is 3.31. The molecule has 1 aromatic heterocycles. The van der Waals surface area contributed by atoms with Crippen molar-refractivity contribution in [3.63, 3.8) is 0 Å². The van der Waals surface area contributed by atoms with E-state index < -0.39 is 0 Å². The maximum absolute atomic E-state index is 11.4. The molecule has 0 fully saturated rings. The van der Waals surface area contributed by atoms with Crippen molar-refractivity contribution in [3.05, 3.63) is 23.3 Å². The van der Waals surface area contributed by atoms with Crippen LogP contribution in [0.1, 0.15) is 18.1 Å². The van der Waals surface area contributed by atoms with Crippen LogP contribution in [0.3, 0.4) is 0 Å². The number of urea groups is 1. The normalized spacial score (nSPS) is 10.5. The van der Waals surface area contributed by atoms with Crippen molar-refractivity contribution in [3.8, 4) is 0 Å². The van der Waals surface area contributed by atoms with Crippen LogP contribution in [0.4, 0.5) is 9.93 Å². The lowest BCUT2D eigenvalue weighted by atomic mass is 10.1. The summed E-state index contributed by atoms with van der Waals surface area (Å²) < 4.78 is 1.11. The van der Waals surface area contributed by atoms with Crippen molar-refractivity contribution in [2.45, 2.75) is 20.8 Å². The molecule has 0 radical (unpaired) electrons. The molecule has 2 N–H and O–H groups in total. The Bertz CT molecular complexity index is 562. The number of carbonyl (C=O) groups is 1. The third kappa shape index (κ3) is 2.55. The van der Waals surface area contributed by atoms with Gasteiger partial charge in [-0.05, 0) is 38.0 Å². The summed E-state index contributed by atoms with van der Waals surface area (Å²) in [5.74, 6) is 0. The minimum absolute atomic E-state index is 0.207. The van der Waals surface area contributed by atoms with E-state index in [0.29, 0.717) is 11.7 Å². The molecule has 2 rings (SSSR count). The number of aryl methyl sites for hydroxylation is 2. The molecular weight excluding hydrogens is 234 g/mol. The number of carbonyl (C=O) groups excluding carboxylic acids is 1. The lowest BCUT2D eigenvalue weighted by Gasteiger charge is -2.00. The molecule has 0 atom stereocenters. The van der Waals surface area contributed by atoms with E-state index in [0.717, 1.165) is 15.8 Å². The monoisotopic (exact) mass is 249 g/mol. The quantitative estimate of drug-likeness (QED) is 0.859. The van der Waals surface area contributed by atoms with Gasteiger partial charge in [0.15, 0.2) is 5.13 Å². The van der Waals surface area contributed by atoms with Gasteiger partial charge in [0.1, 0.15) is 0 Å². The van der Waals surface area contributed by atoms with E-state index in [2.05, 4.69) is 34.7 Å². The Morgan fingerprint density at radius 1 is 1.41 bits per heavy atom. The van der Waals surface area contributed by atoms with E-state index in [4.69, 9.17) is 0 Å². The maximum Gasteiger partial charge on any atom is 0.321 e. The summed E-state index contributed by atoms with van der Waals surface area (Å²) in [4.78, 5) is 15.8. The number of fused-ring (bicyclic) bond motifs is 1. The van der Waals surface area contributed by atoms with Crippen LogP contribution < -0.4 is 10.6 Å². The highest BCUT2D eigenvalue weighted by Crippen LogP contribution is 2.29. The van der Waals surface area contributed by atoms with Crippen LogP contribution in [0.2, 0.25) is 0 Å². The molecule has 0 aliphatic rings. The van der Waals surface area contributed by atoms with Crippen molar-refractivity contribution >= 4 is 32.7 Å². The first-order valence-electron chi connectivity index (χ1n) is 5.52. The Hall–Kier alpha value is -1.62. The number of hydrogen-bond donors (Lipinski definition) is 2. The molecule has 2 aromatic rings. The smallest absolute Gasteiger partial charge is 0.321 e. The fourth-order valence-electron chi connectivity index (χ4n) is 1.73. The van der Waals surface area contributed by atoms with Gasteiger partial charge in [-0.2, -0.15) is 0 Å². The first-order chi connectivity index (χ1) is 8.10. The zero-order valence-electron chi connectivity index (χ0n) is 10.1. The number of rotatable bonds is 2. The van der Waals surface area contributed by atoms with Crippen LogP contribution in [-0.2, 0) is 0 Å². The molecule has 90 valence electrons. The summed E-state index contributed by atoms with van der Waals surface area (Å²) in [5.41, 5.74) is 3.32. The van der Waals surface area contributed by atoms with Crippen LogP contribution in [0.25, 0.3) is 10.2 Å². The van der Waals surface area contributed by atoms with Gasteiger partial charge in [0.2, 0.25) is 0 Å². The molecule has 0 unspecified atom stereocenters. The average molecular weight is 249 g/mol. The lowest BCUT2D eigenvalue weighted by molar-refractivity contribution is 0.252. The predicted octanol–water partition coefficient (Wildman–Crippen LogP) is 3.05. The zero-order valence-corrected chi connectivity index (χ0v) is 10.9. The van der Waals surface area contributed by atoms with E-state index in [9.17, 15) is 4.79 Å². The van der Waals surface area contributed by atoms with Crippen LogP contribution in [0.5, 0.6) is 0 Å². The number of anilines is 1. The Labute approximate surface area is 104 Å². The van der Waals surface area contributed by atoms with Gasteiger partial charge < -0.3 is 5.32 Å². The second-order valence-corrected chi connectivity index (χ2v) is 4.96. The van der Waals surface area contributed by atoms with E-state index in [-0.39, 0.29) is 6.03 Å². The number of amides is 2. The fraction of sp³-hybridized carbons (Fsp3) is 0.333. The number of thiazole rings is 1. The second kappa shape index (κ2) is 4.71. The first-order valence-corrected chi connectivity index (χ1v) is 6.34. The van der Waals surface area contributed by atoms with E-state index in [1.807, 2.05) is 13.8 Å². The molecule has 5 heteroatoms. The molecule has 0 aliphatic heterocycles. The maximum atomic E-state index is 11.4. The van der Waals surface area contributed by atoms with E-state index >= 15 is 0 Å². The zero-order chi connectivity index (χ0) is 12.4. The van der Waals surface area contributed by atoms with Crippen LogP contribution in [0.15, 0.2) is 12.1 Å². The summed E-state index contributed by atoms with van der Waals surface area (Å²) >= 11 is 1.50. The second-order valence-electron chi connectivity index (χ2n) is 3.93. The Morgan fingerprint density at radius 2 is 2.18 bits per heavy atom. The van der Waals surface area contributed by atoms with Gasteiger partial charge >= 0.3 is 6.03 Å². The van der Waals surface area contributed by atoms with Crippen molar-refractivity contribution in [1.82, 2.24) is 10.3 Å². The molecule has 0 saturated carbocycles. The van der Waals surface area contributed by atoms with Gasteiger partial charge in [-0.3, -0.25) is 5.32 Å². The summed E-state index contributed by atoms with van der Waals surface area (Å²) in [6.07, 6.45) is 0. The molecule has 0 saturated heterocycles. The summed E-state index contributed by atoms with van der Waals surface area (Å²) in [7, 11) is 0. The Morgan fingerprint density at radius 3 is 2.88 bits per heavy atom. The molecule has 0 bridgehead atoms. The molecule has 1 heterocycles. The summed E-state index contributed by atoms with van der Waals surface area (Å²) in [6, 6.07) is 3.97. The van der Waals surface area contributed by atoms with Crippen LogP contribution in [0, 0.1) is 13.8 Å². The van der Waals surface area contributed by atoms with Crippen LogP contribution in [-0.4, -0.2) is 17.6 Å². The Balaban J connectivity index is 2.32. The number of nitrogens with one attached hydrogen (secondary N) is 2. The molecule has 0 aliphatic carbocycles. The highest BCUT2D eigenvalue weighted by Gasteiger charge is 2.08. The summed E-state index contributed by atoms with van der Waals surface area (Å²) in [5, 5.41) is 6.06. The van der Waals surface area contributed by atoms with Crippen molar-refractivity contribution in [1.29, 1.82) is 0 Å². The Kier molecular flexibility index (Phi) is 3.28. The topological polar surface area (TPSA) is 54.0 Å². The average Bonchev–Trinajstić information content (AvgIpc) is 2.60. The third-order valence-electron chi connectivity index (χ3n) is 2.39. The largest absolute Gasteiger partial charge is 0.338 e. The lowest BCUT2D eigenvalue weighted by Crippen LogP contribution is -2.28. The van der Waals surface area contributed by atoms with Gasteiger partial charge in [0.25, 0.3) is 0 Å². The van der Waals surface area contributed by atoms with Gasteiger partial charge in [-0.15, -0.1) is 0 Å². The van der Waals surface area contributed by atoms with E-state index in [1.54, 1.807) is 0 Å². The molecule has 4 nitrogen and oxygen atoms in total. The highest BCUT2D eigenvalue weighted by molar-refractivity contribution is 7.22. The molecule has 2 amide bonds. The molecule has 17 heavy (non-hydrogen) atoms. The predicted molar refractivity (Wildman–Crippen MR) is 71.8 cm³/mol. The minimum atomic E-state index is -0.207. The number of nitrogens with zero attached hydrogens (tertiary/aromatic N) is 1. The molecule has 1 aromatic carbocycles. The van der Waals surface area contributed by atoms with Crippen molar-refractivity contribution < 1.29 is 4.79 Å². The number of hydrogen-bond acceptors (Lipinski definition) is 3. The molecular formula is C12H15N3OS. The van der Waals surface area contributed by atoms with Gasteiger partial charge in [-0.1, -0.05) is 17.4 Å². The van der Waals surface area contributed by atoms with Crippen LogP contribution >= 0.6 is 11.3 Å². The highest BCUT2D eigenvalue weighted by atomic mass is 32.1. The first kappa shape index (κ1) is 11.9. The van der Waals surface area contributed by atoms with Crippen molar-refractivity contribution in [2.75, 3.05) is 11.9 Å². The fourth-order valence-corrected chi connectivity index (χ4v) is 2.76. The summed E-state index contributed by atoms with van der Waals surface area (Å²) in [6.45, 7) is 6.58. The van der Waals surface area contributed by atoms with Gasteiger partial charge in [-0.25, -0.2) is 9.78 Å². The SMILES string of the molecule is CCNC(=O)Nc1nc2c(C)cc(C)cc2s1. The standard InChI is InChI=1S/C12H15N3OS/c1-4-13-11(16)15-12-14-10-8(3)5-7(2)6-9(10)17-12/h5-6H,4H2,1-3H3,(H2,13,14,15,16). The van der Waals surface area contributed by atoms with Gasteiger partial charge in [0, 0.05) is 6.54 Å². The number of benzene rings is 1.